The van der Waals surface area contributed by atoms with Crippen LogP contribution in [-0.4, -0.2) is 18.4 Å². The second-order valence-electron chi connectivity index (χ2n) is 7.79. The lowest BCUT2D eigenvalue weighted by molar-refractivity contribution is 0.0844. The van der Waals surface area contributed by atoms with Gasteiger partial charge in [-0.1, -0.05) is 72.8 Å². The summed E-state index contributed by atoms with van der Waals surface area (Å²) in [6.45, 7) is 0.870. The fraction of sp³-hybridized carbons (Fsp3) is 0.103. The summed E-state index contributed by atoms with van der Waals surface area (Å²) >= 11 is 0. The minimum absolute atomic E-state index is 0.338. The minimum atomic E-state index is -0.462. The van der Waals surface area contributed by atoms with Crippen molar-refractivity contribution in [2.75, 3.05) is 6.61 Å². The molecule has 2 N–H and O–H groups in total. The SMILES string of the molecule is O=C(NNC(=O)c1ccccc1OCCc1ccccc1)c1ccc(OCc2ccccc2)cc1. The van der Waals surface area contributed by atoms with Crippen LogP contribution in [0.25, 0.3) is 0 Å². The van der Waals surface area contributed by atoms with Crippen LogP contribution in [0.1, 0.15) is 31.8 Å². The number of rotatable bonds is 9. The van der Waals surface area contributed by atoms with Crippen molar-refractivity contribution in [1.82, 2.24) is 10.9 Å². The number of ether oxygens (including phenoxy) is 2. The molecule has 0 spiro atoms. The van der Waals surface area contributed by atoms with Gasteiger partial charge in [0.2, 0.25) is 0 Å². The van der Waals surface area contributed by atoms with E-state index in [0.29, 0.717) is 35.8 Å². The van der Waals surface area contributed by atoms with Crippen LogP contribution in [0.4, 0.5) is 0 Å². The molecule has 0 aromatic heterocycles. The lowest BCUT2D eigenvalue weighted by Gasteiger charge is -2.12. The lowest BCUT2D eigenvalue weighted by atomic mass is 10.1. The lowest BCUT2D eigenvalue weighted by Crippen LogP contribution is -2.41. The van der Waals surface area contributed by atoms with Crippen molar-refractivity contribution in [2.24, 2.45) is 0 Å². The Hall–Kier alpha value is -4.58. The van der Waals surface area contributed by atoms with Gasteiger partial charge in [-0.2, -0.15) is 0 Å². The summed E-state index contributed by atoms with van der Waals surface area (Å²) in [6.07, 6.45) is 0.721. The van der Waals surface area contributed by atoms with E-state index in [1.165, 1.54) is 0 Å². The molecule has 4 aromatic carbocycles. The zero-order chi connectivity index (χ0) is 24.3. The van der Waals surface area contributed by atoms with Crippen molar-refractivity contribution in [3.05, 3.63) is 131 Å². The largest absolute Gasteiger partial charge is 0.492 e. The van der Waals surface area contributed by atoms with Crippen molar-refractivity contribution < 1.29 is 19.1 Å². The Morgan fingerprint density at radius 3 is 1.91 bits per heavy atom. The Labute approximate surface area is 204 Å². The van der Waals surface area contributed by atoms with E-state index in [4.69, 9.17) is 9.47 Å². The topological polar surface area (TPSA) is 76.7 Å². The quantitative estimate of drug-likeness (QED) is 0.342. The number of amides is 2. The summed E-state index contributed by atoms with van der Waals surface area (Å²) in [7, 11) is 0. The number of hydrogen-bond acceptors (Lipinski definition) is 4. The van der Waals surface area contributed by atoms with Gasteiger partial charge >= 0.3 is 0 Å². The van der Waals surface area contributed by atoms with Crippen LogP contribution < -0.4 is 20.3 Å². The number of hydrazine groups is 1. The molecule has 0 atom stereocenters. The molecule has 2 amide bonds. The molecule has 0 fully saturated rings. The van der Waals surface area contributed by atoms with Crippen LogP contribution in [0.2, 0.25) is 0 Å². The molecule has 0 heterocycles. The van der Waals surface area contributed by atoms with Crippen LogP contribution in [0.15, 0.2) is 109 Å². The molecular formula is C29H26N2O4. The third-order valence-corrected chi connectivity index (χ3v) is 5.28. The smallest absolute Gasteiger partial charge is 0.273 e. The highest BCUT2D eigenvalue weighted by Gasteiger charge is 2.14. The summed E-state index contributed by atoms with van der Waals surface area (Å²) in [6, 6.07) is 33.4. The fourth-order valence-corrected chi connectivity index (χ4v) is 3.40. The Morgan fingerprint density at radius 1 is 0.600 bits per heavy atom. The Kier molecular flexibility index (Phi) is 8.11. The van der Waals surface area contributed by atoms with E-state index in [-0.39, 0.29) is 0 Å². The van der Waals surface area contributed by atoms with Gasteiger partial charge in [0.15, 0.2) is 0 Å². The molecule has 6 nitrogen and oxygen atoms in total. The third kappa shape index (κ3) is 6.95. The molecule has 0 unspecified atom stereocenters. The molecule has 0 aliphatic rings. The van der Waals surface area contributed by atoms with Gasteiger partial charge in [0.05, 0.1) is 12.2 Å². The number of hydrogen-bond donors (Lipinski definition) is 2. The number of para-hydroxylation sites is 1. The summed E-state index contributed by atoms with van der Waals surface area (Å²) in [5.74, 6) is 0.207. The van der Waals surface area contributed by atoms with Crippen LogP contribution in [0.3, 0.4) is 0 Å². The highest BCUT2D eigenvalue weighted by molar-refractivity contribution is 6.00. The highest BCUT2D eigenvalue weighted by atomic mass is 16.5. The number of carbonyl (C=O) groups is 2. The molecular weight excluding hydrogens is 440 g/mol. The number of carbonyl (C=O) groups excluding carboxylic acids is 2. The van der Waals surface area contributed by atoms with Gasteiger partial charge in [-0.15, -0.1) is 0 Å². The molecule has 0 bridgehead atoms. The standard InChI is InChI=1S/C29H26N2O4/c32-28(24-15-17-25(18-16-24)35-21-23-11-5-2-6-12-23)30-31-29(33)26-13-7-8-14-27(26)34-20-19-22-9-3-1-4-10-22/h1-18H,19-21H2,(H,30,32)(H,31,33). The summed E-state index contributed by atoms with van der Waals surface area (Å²) in [5, 5.41) is 0. The fourth-order valence-electron chi connectivity index (χ4n) is 3.40. The molecule has 6 heteroatoms. The van der Waals surface area contributed by atoms with E-state index in [2.05, 4.69) is 10.9 Å². The van der Waals surface area contributed by atoms with Crippen molar-refractivity contribution in [3.63, 3.8) is 0 Å². The van der Waals surface area contributed by atoms with E-state index in [0.717, 1.165) is 17.5 Å². The van der Waals surface area contributed by atoms with E-state index >= 15 is 0 Å². The average Bonchev–Trinajstić information content (AvgIpc) is 2.92. The van der Waals surface area contributed by atoms with Gasteiger partial charge in [-0.25, -0.2) is 0 Å². The first-order chi connectivity index (χ1) is 17.2. The maximum Gasteiger partial charge on any atom is 0.273 e. The molecule has 0 radical (unpaired) electrons. The predicted octanol–water partition coefficient (Wildman–Crippen LogP) is 4.96. The zero-order valence-corrected chi connectivity index (χ0v) is 19.1. The second kappa shape index (κ2) is 12.0. The van der Waals surface area contributed by atoms with Gasteiger partial charge in [0.1, 0.15) is 18.1 Å². The Bertz CT molecular complexity index is 1240. The number of benzene rings is 4. The number of nitrogens with one attached hydrogen (secondary N) is 2. The third-order valence-electron chi connectivity index (χ3n) is 5.28. The van der Waals surface area contributed by atoms with Gasteiger partial charge in [-0.05, 0) is 47.5 Å². The van der Waals surface area contributed by atoms with Crippen LogP contribution in [0.5, 0.6) is 11.5 Å². The summed E-state index contributed by atoms with van der Waals surface area (Å²) in [5.41, 5.74) is 7.85. The van der Waals surface area contributed by atoms with Gasteiger partial charge < -0.3 is 9.47 Å². The molecule has 4 rings (SSSR count). The molecule has 0 saturated heterocycles. The van der Waals surface area contributed by atoms with Crippen LogP contribution in [-0.2, 0) is 13.0 Å². The zero-order valence-electron chi connectivity index (χ0n) is 19.1. The maximum atomic E-state index is 12.7. The van der Waals surface area contributed by atoms with Gasteiger partial charge in [0.25, 0.3) is 11.8 Å². The highest BCUT2D eigenvalue weighted by Crippen LogP contribution is 2.18. The first-order valence-corrected chi connectivity index (χ1v) is 11.3. The van der Waals surface area contributed by atoms with Crippen LogP contribution in [0, 0.1) is 0 Å². The first kappa shape index (κ1) is 23.6. The van der Waals surface area contributed by atoms with Crippen molar-refractivity contribution in [1.29, 1.82) is 0 Å². The molecule has 176 valence electrons. The van der Waals surface area contributed by atoms with Crippen LogP contribution >= 0.6 is 0 Å². The summed E-state index contributed by atoms with van der Waals surface area (Å²) < 4.78 is 11.6. The molecule has 0 aliphatic carbocycles. The molecule has 0 aliphatic heterocycles. The van der Waals surface area contributed by atoms with E-state index in [1.54, 1.807) is 48.5 Å². The second-order valence-corrected chi connectivity index (χ2v) is 7.79. The minimum Gasteiger partial charge on any atom is -0.492 e. The van der Waals surface area contributed by atoms with E-state index < -0.39 is 11.8 Å². The Morgan fingerprint density at radius 2 is 1.20 bits per heavy atom. The van der Waals surface area contributed by atoms with Gasteiger partial charge in [-0.3, -0.25) is 20.4 Å². The molecule has 0 saturated carbocycles. The average molecular weight is 467 g/mol. The molecule has 35 heavy (non-hydrogen) atoms. The van der Waals surface area contributed by atoms with Gasteiger partial charge in [0, 0.05) is 12.0 Å². The maximum absolute atomic E-state index is 12.7. The van der Waals surface area contributed by atoms with Crippen molar-refractivity contribution in [2.45, 2.75) is 13.0 Å². The van der Waals surface area contributed by atoms with E-state index in [1.807, 2.05) is 60.7 Å². The normalized spacial score (nSPS) is 10.3. The van der Waals surface area contributed by atoms with Crippen molar-refractivity contribution in [3.8, 4) is 11.5 Å². The first-order valence-electron chi connectivity index (χ1n) is 11.3. The molecule has 4 aromatic rings. The monoisotopic (exact) mass is 466 g/mol. The van der Waals surface area contributed by atoms with E-state index in [9.17, 15) is 9.59 Å². The summed E-state index contributed by atoms with van der Waals surface area (Å²) in [4.78, 5) is 25.2. The predicted molar refractivity (Wildman–Crippen MR) is 134 cm³/mol. The van der Waals surface area contributed by atoms with Crippen molar-refractivity contribution >= 4 is 11.8 Å². The Balaban J connectivity index is 1.27.